The van der Waals surface area contributed by atoms with Gasteiger partial charge in [-0.05, 0) is 63.5 Å². The summed E-state index contributed by atoms with van der Waals surface area (Å²) in [6.07, 6.45) is 9.61. The molecule has 2 aromatic heterocycles. The standard InChI is InChI=1S/C25H33N5O4/c1-17-21(27-14-13-26-17)25(10-11-25)24(33)30-20(23(31)32)9-16-34-15-3-2-6-19-8-7-18-5-4-12-28-22(18)29-19/h7-8,13-14,20H,2-6,9-12,15-16H2,1H3,(H,28,29)(H,30,33)(H,31,32). The number of fused-ring (bicyclic) bond motifs is 1. The van der Waals surface area contributed by atoms with Crippen molar-refractivity contribution < 1.29 is 19.4 Å². The number of ether oxygens (including phenoxy) is 1. The number of carboxylic acid groups (broad SMARTS) is 1. The number of carboxylic acids is 1. The third-order valence-electron chi connectivity index (χ3n) is 6.60. The summed E-state index contributed by atoms with van der Waals surface area (Å²) in [7, 11) is 0. The van der Waals surface area contributed by atoms with Crippen LogP contribution in [0.4, 0.5) is 5.82 Å². The summed E-state index contributed by atoms with van der Waals surface area (Å²) >= 11 is 0. The lowest BCUT2D eigenvalue weighted by Crippen LogP contribution is -2.46. The fraction of sp³-hybridized carbons (Fsp3) is 0.560. The maximum absolute atomic E-state index is 12.9. The topological polar surface area (TPSA) is 126 Å². The van der Waals surface area contributed by atoms with Crippen molar-refractivity contribution in [2.45, 2.75) is 69.7 Å². The van der Waals surface area contributed by atoms with Crippen molar-refractivity contribution in [1.29, 1.82) is 0 Å². The zero-order valence-electron chi connectivity index (χ0n) is 19.7. The molecule has 1 aliphatic carbocycles. The molecule has 3 heterocycles. The Balaban J connectivity index is 1.16. The van der Waals surface area contributed by atoms with Crippen LogP contribution >= 0.6 is 0 Å². The summed E-state index contributed by atoms with van der Waals surface area (Å²) in [5.41, 5.74) is 2.95. The van der Waals surface area contributed by atoms with Crippen LogP contribution in [-0.2, 0) is 32.6 Å². The maximum atomic E-state index is 12.9. The molecule has 34 heavy (non-hydrogen) atoms. The summed E-state index contributed by atoms with van der Waals surface area (Å²) in [5.74, 6) is -0.338. The Hall–Kier alpha value is -3.07. The van der Waals surface area contributed by atoms with Crippen molar-refractivity contribution in [2.75, 3.05) is 25.1 Å². The number of aromatic nitrogens is 3. The number of unbranched alkanes of at least 4 members (excludes halogenated alkanes) is 1. The number of carbonyl (C=O) groups excluding carboxylic acids is 1. The Morgan fingerprint density at radius 3 is 2.79 bits per heavy atom. The van der Waals surface area contributed by atoms with E-state index in [0.29, 0.717) is 30.8 Å². The number of nitrogens with one attached hydrogen (secondary N) is 2. The molecule has 3 N–H and O–H groups in total. The number of hydrogen-bond acceptors (Lipinski definition) is 7. The third kappa shape index (κ3) is 5.70. The van der Waals surface area contributed by atoms with Crippen LogP contribution in [0.5, 0.6) is 0 Å². The second kappa shape index (κ2) is 10.9. The van der Waals surface area contributed by atoms with Crippen LogP contribution in [0.1, 0.15) is 61.2 Å². The van der Waals surface area contributed by atoms with Crippen LogP contribution in [0.2, 0.25) is 0 Å². The van der Waals surface area contributed by atoms with E-state index in [-0.39, 0.29) is 18.9 Å². The lowest BCUT2D eigenvalue weighted by atomic mass is 9.98. The summed E-state index contributed by atoms with van der Waals surface area (Å²) in [5, 5.41) is 15.6. The lowest BCUT2D eigenvalue weighted by molar-refractivity contribution is -0.142. The van der Waals surface area contributed by atoms with Crippen molar-refractivity contribution in [2.24, 2.45) is 0 Å². The molecule has 0 spiro atoms. The van der Waals surface area contributed by atoms with Gasteiger partial charge in [0, 0.05) is 44.3 Å². The van der Waals surface area contributed by atoms with Crippen molar-refractivity contribution in [1.82, 2.24) is 20.3 Å². The lowest BCUT2D eigenvalue weighted by Gasteiger charge is -2.20. The molecule has 0 radical (unpaired) electrons. The number of anilines is 1. The molecule has 182 valence electrons. The van der Waals surface area contributed by atoms with Gasteiger partial charge in [0.05, 0.1) is 16.8 Å². The summed E-state index contributed by atoms with van der Waals surface area (Å²) < 4.78 is 5.66. The maximum Gasteiger partial charge on any atom is 0.326 e. The first-order chi connectivity index (χ1) is 16.5. The molecule has 1 aliphatic heterocycles. The first-order valence-corrected chi connectivity index (χ1v) is 12.1. The van der Waals surface area contributed by atoms with E-state index in [4.69, 9.17) is 9.72 Å². The van der Waals surface area contributed by atoms with Gasteiger partial charge in [-0.25, -0.2) is 9.78 Å². The molecule has 2 aliphatic rings. The quantitative estimate of drug-likeness (QED) is 0.407. The molecule has 4 rings (SSSR count). The molecule has 1 saturated carbocycles. The van der Waals surface area contributed by atoms with Gasteiger partial charge >= 0.3 is 5.97 Å². The minimum absolute atomic E-state index is 0.217. The first kappa shape index (κ1) is 24.1. The normalized spacial score (nSPS) is 16.7. The van der Waals surface area contributed by atoms with E-state index in [1.807, 2.05) is 6.92 Å². The van der Waals surface area contributed by atoms with Gasteiger partial charge in [0.1, 0.15) is 11.9 Å². The first-order valence-electron chi connectivity index (χ1n) is 12.1. The fourth-order valence-electron chi connectivity index (χ4n) is 4.45. The number of nitrogens with zero attached hydrogens (tertiary/aromatic N) is 3. The van der Waals surface area contributed by atoms with E-state index in [0.717, 1.165) is 50.2 Å². The number of hydrogen-bond donors (Lipinski definition) is 3. The van der Waals surface area contributed by atoms with Crippen molar-refractivity contribution in [3.05, 3.63) is 47.2 Å². The highest BCUT2D eigenvalue weighted by atomic mass is 16.5. The van der Waals surface area contributed by atoms with Crippen LogP contribution in [0.3, 0.4) is 0 Å². The predicted molar refractivity (Wildman–Crippen MR) is 127 cm³/mol. The van der Waals surface area contributed by atoms with Crippen molar-refractivity contribution in [3.63, 3.8) is 0 Å². The highest BCUT2D eigenvalue weighted by Crippen LogP contribution is 2.48. The largest absolute Gasteiger partial charge is 0.480 e. The van der Waals surface area contributed by atoms with Crippen molar-refractivity contribution in [3.8, 4) is 0 Å². The van der Waals surface area contributed by atoms with E-state index in [2.05, 4.69) is 32.7 Å². The van der Waals surface area contributed by atoms with Gasteiger partial charge in [-0.2, -0.15) is 0 Å². The molecule has 1 amide bonds. The van der Waals surface area contributed by atoms with Gasteiger partial charge in [0.2, 0.25) is 5.91 Å². The number of rotatable bonds is 12. The van der Waals surface area contributed by atoms with Crippen LogP contribution in [0, 0.1) is 6.92 Å². The number of aliphatic carboxylic acids is 1. The zero-order chi connectivity index (χ0) is 24.0. The summed E-state index contributed by atoms with van der Waals surface area (Å²) in [4.78, 5) is 37.9. The van der Waals surface area contributed by atoms with Gasteiger partial charge in [-0.3, -0.25) is 14.8 Å². The van der Waals surface area contributed by atoms with Crippen LogP contribution in [-0.4, -0.2) is 57.7 Å². The monoisotopic (exact) mass is 467 g/mol. The zero-order valence-corrected chi connectivity index (χ0v) is 19.7. The molecule has 0 bridgehead atoms. The fourth-order valence-corrected chi connectivity index (χ4v) is 4.45. The Morgan fingerprint density at radius 2 is 2.03 bits per heavy atom. The van der Waals surface area contributed by atoms with E-state index in [1.165, 1.54) is 5.56 Å². The molecule has 0 aromatic carbocycles. The molecule has 0 saturated heterocycles. The van der Waals surface area contributed by atoms with Gasteiger partial charge in [0.15, 0.2) is 0 Å². The predicted octanol–water partition coefficient (Wildman–Crippen LogP) is 2.57. The second-order valence-corrected chi connectivity index (χ2v) is 9.14. The van der Waals surface area contributed by atoms with Gasteiger partial charge in [0.25, 0.3) is 0 Å². The number of aryl methyl sites for hydroxylation is 3. The molecule has 1 fully saturated rings. The van der Waals surface area contributed by atoms with Crippen LogP contribution < -0.4 is 10.6 Å². The molecular formula is C25H33N5O4. The molecule has 1 atom stereocenters. The van der Waals surface area contributed by atoms with E-state index >= 15 is 0 Å². The van der Waals surface area contributed by atoms with E-state index in [1.54, 1.807) is 12.4 Å². The molecule has 1 unspecified atom stereocenters. The summed E-state index contributed by atoms with van der Waals surface area (Å²) in [6, 6.07) is 3.27. The van der Waals surface area contributed by atoms with Gasteiger partial charge in [-0.1, -0.05) is 6.07 Å². The van der Waals surface area contributed by atoms with Crippen LogP contribution in [0.15, 0.2) is 24.5 Å². The highest BCUT2D eigenvalue weighted by molar-refractivity contribution is 5.93. The molecule has 9 heteroatoms. The Bertz CT molecular complexity index is 1020. The highest BCUT2D eigenvalue weighted by Gasteiger charge is 2.54. The Kier molecular flexibility index (Phi) is 7.72. The number of carbonyl (C=O) groups is 2. The minimum atomic E-state index is -1.06. The number of pyridine rings is 1. The summed E-state index contributed by atoms with van der Waals surface area (Å²) in [6.45, 7) is 3.62. The molecule has 9 nitrogen and oxygen atoms in total. The second-order valence-electron chi connectivity index (χ2n) is 9.14. The van der Waals surface area contributed by atoms with Gasteiger partial charge in [-0.15, -0.1) is 0 Å². The number of amides is 1. The molecule has 2 aromatic rings. The van der Waals surface area contributed by atoms with E-state index < -0.39 is 17.4 Å². The smallest absolute Gasteiger partial charge is 0.326 e. The Morgan fingerprint density at radius 1 is 1.21 bits per heavy atom. The average molecular weight is 468 g/mol. The van der Waals surface area contributed by atoms with Gasteiger partial charge < -0.3 is 20.5 Å². The van der Waals surface area contributed by atoms with Crippen molar-refractivity contribution >= 4 is 17.7 Å². The SMILES string of the molecule is Cc1nccnc1C1(C(=O)NC(CCOCCCCc2ccc3c(n2)NCCC3)C(=O)O)CC1. The van der Waals surface area contributed by atoms with Crippen LogP contribution in [0.25, 0.3) is 0 Å². The van der Waals surface area contributed by atoms with E-state index in [9.17, 15) is 14.7 Å². The Labute approximate surface area is 199 Å². The molecular weight excluding hydrogens is 434 g/mol. The average Bonchev–Trinajstić information content (AvgIpc) is 3.64. The minimum Gasteiger partial charge on any atom is -0.480 e. The third-order valence-corrected chi connectivity index (χ3v) is 6.60.